The van der Waals surface area contributed by atoms with Crippen molar-refractivity contribution in [1.82, 2.24) is 16.0 Å². The molecule has 5 heteroatoms. The average Bonchev–Trinajstić information content (AvgIpc) is 2.46. The number of carbonyl (C=O) groups is 1. The van der Waals surface area contributed by atoms with E-state index in [9.17, 15) is 4.79 Å². The fourth-order valence-corrected chi connectivity index (χ4v) is 1.95. The van der Waals surface area contributed by atoms with Crippen molar-refractivity contribution in [3.05, 3.63) is 0 Å². The van der Waals surface area contributed by atoms with Gasteiger partial charge in [0.05, 0.1) is 0 Å². The number of carbonyl (C=O) groups excluding carboxylic acids is 1. The van der Waals surface area contributed by atoms with E-state index in [1.165, 1.54) is 25.7 Å². The third-order valence-corrected chi connectivity index (χ3v) is 3.34. The molecule has 1 amide bonds. The molecule has 0 saturated heterocycles. The van der Waals surface area contributed by atoms with Gasteiger partial charge in [0, 0.05) is 32.1 Å². The number of unbranched alkanes of at least 4 members (excludes halogenated alkanes) is 3. The van der Waals surface area contributed by atoms with E-state index in [1.807, 2.05) is 13.8 Å². The molecule has 1 atom stereocenters. The summed E-state index contributed by atoms with van der Waals surface area (Å²) in [6, 6.07) is 0.415. The molecule has 0 aromatic rings. The third-order valence-electron chi connectivity index (χ3n) is 3.34. The summed E-state index contributed by atoms with van der Waals surface area (Å²) < 4.78 is 0. The Balaban J connectivity index is 3.78. The number of nitrogens with one attached hydrogen (secondary N) is 3. The first-order chi connectivity index (χ1) is 10.0. The SMILES string of the molecule is CCCCCCC(C)NC(=NC)NCCNC(=O)C(C)C. The van der Waals surface area contributed by atoms with E-state index in [0.717, 1.165) is 12.4 Å². The number of nitrogens with zero attached hydrogens (tertiary/aromatic N) is 1. The molecule has 0 aromatic carbocycles. The maximum absolute atomic E-state index is 11.4. The normalized spacial score (nSPS) is 13.1. The molecule has 0 radical (unpaired) electrons. The lowest BCUT2D eigenvalue weighted by atomic mass is 10.1. The second-order valence-electron chi connectivity index (χ2n) is 5.84. The Morgan fingerprint density at radius 2 is 1.71 bits per heavy atom. The topological polar surface area (TPSA) is 65.5 Å². The second kappa shape index (κ2) is 12.5. The highest BCUT2D eigenvalue weighted by molar-refractivity contribution is 5.80. The van der Waals surface area contributed by atoms with Crippen LogP contribution in [-0.4, -0.2) is 38.0 Å². The lowest BCUT2D eigenvalue weighted by molar-refractivity contribution is -0.123. The van der Waals surface area contributed by atoms with Crippen LogP contribution in [0.3, 0.4) is 0 Å². The number of hydrogen-bond donors (Lipinski definition) is 3. The van der Waals surface area contributed by atoms with E-state index in [4.69, 9.17) is 0 Å². The molecule has 0 spiro atoms. The van der Waals surface area contributed by atoms with Gasteiger partial charge in [-0.15, -0.1) is 0 Å². The van der Waals surface area contributed by atoms with Gasteiger partial charge < -0.3 is 16.0 Å². The molecule has 0 fully saturated rings. The third kappa shape index (κ3) is 11.1. The number of aliphatic imine (C=N–C) groups is 1. The summed E-state index contributed by atoms with van der Waals surface area (Å²) in [5.41, 5.74) is 0. The zero-order valence-electron chi connectivity index (χ0n) is 14.5. The molecule has 0 aromatic heterocycles. The molecular weight excluding hydrogens is 264 g/mol. The predicted octanol–water partition coefficient (Wildman–Crippen LogP) is 2.28. The van der Waals surface area contributed by atoms with Crippen LogP contribution in [0.25, 0.3) is 0 Å². The molecule has 124 valence electrons. The van der Waals surface area contributed by atoms with E-state index in [0.29, 0.717) is 19.1 Å². The standard InChI is InChI=1S/C16H34N4O/c1-6-7-8-9-10-14(4)20-16(17-5)19-12-11-18-15(21)13(2)3/h13-14H,6-12H2,1-5H3,(H,18,21)(H2,17,19,20). The van der Waals surface area contributed by atoms with E-state index >= 15 is 0 Å². The van der Waals surface area contributed by atoms with Crippen LogP contribution in [0.1, 0.15) is 59.8 Å². The van der Waals surface area contributed by atoms with Crippen molar-refractivity contribution in [3.8, 4) is 0 Å². The zero-order chi connectivity index (χ0) is 16.1. The number of amides is 1. The van der Waals surface area contributed by atoms with Gasteiger partial charge in [0.1, 0.15) is 0 Å². The highest BCUT2D eigenvalue weighted by Crippen LogP contribution is 2.04. The molecule has 0 saturated carbocycles. The minimum Gasteiger partial charge on any atom is -0.355 e. The Morgan fingerprint density at radius 3 is 2.29 bits per heavy atom. The Labute approximate surface area is 130 Å². The molecule has 0 aliphatic heterocycles. The van der Waals surface area contributed by atoms with Gasteiger partial charge in [-0.1, -0.05) is 46.5 Å². The molecular formula is C16H34N4O. The Kier molecular flexibility index (Phi) is 11.7. The molecule has 5 nitrogen and oxygen atoms in total. The van der Waals surface area contributed by atoms with E-state index < -0.39 is 0 Å². The van der Waals surface area contributed by atoms with Crippen LogP contribution >= 0.6 is 0 Å². The number of rotatable bonds is 10. The molecule has 0 rings (SSSR count). The van der Waals surface area contributed by atoms with Crippen molar-refractivity contribution in [1.29, 1.82) is 0 Å². The summed E-state index contributed by atoms with van der Waals surface area (Å²) >= 11 is 0. The lowest BCUT2D eigenvalue weighted by Gasteiger charge is -2.18. The van der Waals surface area contributed by atoms with Crippen molar-refractivity contribution >= 4 is 11.9 Å². The molecule has 0 aliphatic carbocycles. The van der Waals surface area contributed by atoms with Crippen LogP contribution in [0.4, 0.5) is 0 Å². The number of hydrogen-bond acceptors (Lipinski definition) is 2. The highest BCUT2D eigenvalue weighted by atomic mass is 16.1. The van der Waals surface area contributed by atoms with E-state index in [-0.39, 0.29) is 11.8 Å². The van der Waals surface area contributed by atoms with Gasteiger partial charge >= 0.3 is 0 Å². The maximum atomic E-state index is 11.4. The van der Waals surface area contributed by atoms with Gasteiger partial charge in [0.25, 0.3) is 0 Å². The van der Waals surface area contributed by atoms with Crippen LogP contribution in [0.15, 0.2) is 4.99 Å². The van der Waals surface area contributed by atoms with Crippen LogP contribution in [0.5, 0.6) is 0 Å². The lowest BCUT2D eigenvalue weighted by Crippen LogP contribution is -2.45. The van der Waals surface area contributed by atoms with Crippen LogP contribution < -0.4 is 16.0 Å². The van der Waals surface area contributed by atoms with Crippen LogP contribution in [0.2, 0.25) is 0 Å². The van der Waals surface area contributed by atoms with Crippen LogP contribution in [0, 0.1) is 5.92 Å². The Hall–Kier alpha value is -1.26. The van der Waals surface area contributed by atoms with Crippen molar-refractivity contribution < 1.29 is 4.79 Å². The zero-order valence-corrected chi connectivity index (χ0v) is 14.5. The molecule has 0 bridgehead atoms. The van der Waals surface area contributed by atoms with Gasteiger partial charge in [0.2, 0.25) is 5.91 Å². The summed E-state index contributed by atoms with van der Waals surface area (Å²) in [6.45, 7) is 9.49. The van der Waals surface area contributed by atoms with Crippen molar-refractivity contribution in [3.63, 3.8) is 0 Å². The van der Waals surface area contributed by atoms with E-state index in [2.05, 4.69) is 34.8 Å². The molecule has 1 unspecified atom stereocenters. The van der Waals surface area contributed by atoms with Gasteiger partial charge in [0.15, 0.2) is 5.96 Å². The number of guanidine groups is 1. The fraction of sp³-hybridized carbons (Fsp3) is 0.875. The predicted molar refractivity (Wildman–Crippen MR) is 90.6 cm³/mol. The van der Waals surface area contributed by atoms with Gasteiger partial charge in [-0.25, -0.2) is 0 Å². The van der Waals surface area contributed by atoms with Gasteiger partial charge in [-0.05, 0) is 13.3 Å². The van der Waals surface area contributed by atoms with Crippen molar-refractivity contribution in [2.45, 2.75) is 65.8 Å². The van der Waals surface area contributed by atoms with Gasteiger partial charge in [-0.3, -0.25) is 9.79 Å². The largest absolute Gasteiger partial charge is 0.355 e. The first kappa shape index (κ1) is 19.7. The molecule has 21 heavy (non-hydrogen) atoms. The average molecular weight is 298 g/mol. The van der Waals surface area contributed by atoms with Gasteiger partial charge in [-0.2, -0.15) is 0 Å². The summed E-state index contributed by atoms with van der Waals surface area (Å²) in [5.74, 6) is 0.923. The summed E-state index contributed by atoms with van der Waals surface area (Å²) in [4.78, 5) is 15.6. The van der Waals surface area contributed by atoms with E-state index in [1.54, 1.807) is 7.05 Å². The summed E-state index contributed by atoms with van der Waals surface area (Å²) in [5, 5.41) is 9.48. The first-order valence-corrected chi connectivity index (χ1v) is 8.26. The second-order valence-corrected chi connectivity index (χ2v) is 5.84. The van der Waals surface area contributed by atoms with Crippen molar-refractivity contribution in [2.75, 3.05) is 20.1 Å². The maximum Gasteiger partial charge on any atom is 0.222 e. The molecule has 0 aliphatic rings. The smallest absolute Gasteiger partial charge is 0.222 e. The van der Waals surface area contributed by atoms with Crippen LogP contribution in [-0.2, 0) is 4.79 Å². The molecule has 0 heterocycles. The minimum atomic E-state index is 0.0329. The fourth-order valence-electron chi connectivity index (χ4n) is 1.95. The monoisotopic (exact) mass is 298 g/mol. The summed E-state index contributed by atoms with van der Waals surface area (Å²) in [7, 11) is 1.77. The van der Waals surface area contributed by atoms with Crippen molar-refractivity contribution in [2.24, 2.45) is 10.9 Å². The Bertz CT molecular complexity index is 303. The Morgan fingerprint density at radius 1 is 1.05 bits per heavy atom. The first-order valence-electron chi connectivity index (χ1n) is 8.26. The highest BCUT2D eigenvalue weighted by Gasteiger charge is 2.06. The summed E-state index contributed by atoms with van der Waals surface area (Å²) in [6.07, 6.45) is 6.30. The minimum absolute atomic E-state index is 0.0329. The quantitative estimate of drug-likeness (QED) is 0.329. The molecule has 3 N–H and O–H groups in total.